The van der Waals surface area contributed by atoms with Crippen molar-refractivity contribution in [1.82, 2.24) is 15.0 Å². The Morgan fingerprint density at radius 2 is 2.21 bits per heavy atom. The highest BCUT2D eigenvalue weighted by Crippen LogP contribution is 2.31. The summed E-state index contributed by atoms with van der Waals surface area (Å²) in [6.07, 6.45) is 3.69. The van der Waals surface area contributed by atoms with Gasteiger partial charge >= 0.3 is 0 Å². The van der Waals surface area contributed by atoms with Gasteiger partial charge in [-0.25, -0.2) is 15.0 Å². The standard InChI is InChI=1S/C13H15BrN4S/c1-3-5-10-17-11(15-2)8-12(18-10)19-13-9(14)6-4-7-16-13/h4,6-8H,3,5H2,1-2H3,(H,15,17,18). The lowest BCUT2D eigenvalue weighted by molar-refractivity contribution is 0.811. The van der Waals surface area contributed by atoms with Gasteiger partial charge < -0.3 is 5.32 Å². The van der Waals surface area contributed by atoms with Gasteiger partial charge in [-0.1, -0.05) is 6.92 Å². The van der Waals surface area contributed by atoms with E-state index >= 15 is 0 Å². The van der Waals surface area contributed by atoms with Crippen LogP contribution in [0.5, 0.6) is 0 Å². The molecule has 0 saturated carbocycles. The Morgan fingerprint density at radius 1 is 1.37 bits per heavy atom. The minimum Gasteiger partial charge on any atom is -0.373 e. The maximum absolute atomic E-state index is 4.56. The van der Waals surface area contributed by atoms with Gasteiger partial charge in [0.1, 0.15) is 21.7 Å². The van der Waals surface area contributed by atoms with Crippen LogP contribution >= 0.6 is 27.7 Å². The topological polar surface area (TPSA) is 50.7 Å². The van der Waals surface area contributed by atoms with E-state index in [1.54, 1.807) is 6.20 Å². The van der Waals surface area contributed by atoms with Crippen molar-refractivity contribution in [3.05, 3.63) is 34.7 Å². The third kappa shape index (κ3) is 3.91. The Bertz CT molecular complexity index is 562. The van der Waals surface area contributed by atoms with Gasteiger partial charge in [0.2, 0.25) is 0 Å². The molecule has 6 heteroatoms. The lowest BCUT2D eigenvalue weighted by atomic mass is 10.3. The first-order valence-electron chi connectivity index (χ1n) is 6.07. The molecular weight excluding hydrogens is 324 g/mol. The molecule has 100 valence electrons. The van der Waals surface area contributed by atoms with E-state index in [9.17, 15) is 0 Å². The van der Waals surface area contributed by atoms with Gasteiger partial charge in [-0.2, -0.15) is 0 Å². The zero-order chi connectivity index (χ0) is 13.7. The van der Waals surface area contributed by atoms with Crippen molar-refractivity contribution in [1.29, 1.82) is 0 Å². The van der Waals surface area contributed by atoms with E-state index in [1.807, 2.05) is 25.2 Å². The molecule has 0 aliphatic rings. The van der Waals surface area contributed by atoms with Crippen molar-refractivity contribution in [2.24, 2.45) is 0 Å². The number of nitrogens with zero attached hydrogens (tertiary/aromatic N) is 3. The van der Waals surface area contributed by atoms with Gasteiger partial charge in [-0.3, -0.25) is 0 Å². The van der Waals surface area contributed by atoms with Crippen LogP contribution in [0.3, 0.4) is 0 Å². The van der Waals surface area contributed by atoms with Crippen molar-refractivity contribution in [2.75, 3.05) is 12.4 Å². The van der Waals surface area contributed by atoms with Gasteiger partial charge in [0.05, 0.1) is 4.47 Å². The predicted octanol–water partition coefficient (Wildman–Crippen LogP) is 3.78. The molecular formula is C13H15BrN4S. The van der Waals surface area contributed by atoms with Gasteiger partial charge in [-0.05, 0) is 46.2 Å². The van der Waals surface area contributed by atoms with Crippen molar-refractivity contribution in [3.63, 3.8) is 0 Å². The molecule has 0 aliphatic heterocycles. The molecule has 0 radical (unpaired) electrons. The molecule has 0 amide bonds. The summed E-state index contributed by atoms with van der Waals surface area (Å²) in [7, 11) is 1.86. The van der Waals surface area contributed by atoms with E-state index in [4.69, 9.17) is 0 Å². The Balaban J connectivity index is 2.29. The molecule has 0 aliphatic carbocycles. The Labute approximate surface area is 125 Å². The molecule has 1 N–H and O–H groups in total. The van der Waals surface area contributed by atoms with Crippen LogP contribution in [-0.2, 0) is 6.42 Å². The van der Waals surface area contributed by atoms with Crippen LogP contribution in [0.15, 0.2) is 38.9 Å². The Morgan fingerprint density at radius 3 is 2.89 bits per heavy atom. The van der Waals surface area contributed by atoms with E-state index < -0.39 is 0 Å². The van der Waals surface area contributed by atoms with Crippen molar-refractivity contribution in [3.8, 4) is 0 Å². The highest BCUT2D eigenvalue weighted by atomic mass is 79.9. The Hall–Kier alpha value is -1.14. The maximum Gasteiger partial charge on any atom is 0.132 e. The summed E-state index contributed by atoms with van der Waals surface area (Å²) in [5.41, 5.74) is 0. The summed E-state index contributed by atoms with van der Waals surface area (Å²) in [5.74, 6) is 1.71. The number of aromatic nitrogens is 3. The maximum atomic E-state index is 4.56. The second-order valence-corrected chi connectivity index (χ2v) is 5.76. The van der Waals surface area contributed by atoms with Crippen LogP contribution in [0.25, 0.3) is 0 Å². The van der Waals surface area contributed by atoms with E-state index in [1.165, 1.54) is 11.8 Å². The molecule has 4 nitrogen and oxygen atoms in total. The van der Waals surface area contributed by atoms with E-state index in [0.717, 1.165) is 39.0 Å². The largest absolute Gasteiger partial charge is 0.373 e. The molecule has 0 unspecified atom stereocenters. The monoisotopic (exact) mass is 338 g/mol. The number of hydrogen-bond donors (Lipinski definition) is 1. The molecule has 2 aromatic rings. The second-order valence-electron chi connectivity index (χ2n) is 3.90. The average molecular weight is 339 g/mol. The number of nitrogens with one attached hydrogen (secondary N) is 1. The fourth-order valence-corrected chi connectivity index (χ4v) is 2.83. The number of rotatable bonds is 5. The molecule has 0 saturated heterocycles. The molecule has 0 bridgehead atoms. The average Bonchev–Trinajstić information content (AvgIpc) is 2.41. The fraction of sp³-hybridized carbons (Fsp3) is 0.308. The van der Waals surface area contributed by atoms with E-state index in [0.29, 0.717) is 0 Å². The normalized spacial score (nSPS) is 10.5. The summed E-state index contributed by atoms with van der Waals surface area (Å²) in [5, 5.41) is 4.88. The molecule has 0 fully saturated rings. The van der Waals surface area contributed by atoms with E-state index in [2.05, 4.69) is 43.1 Å². The Kier molecular flexibility index (Phi) is 5.15. The number of anilines is 1. The summed E-state index contributed by atoms with van der Waals surface area (Å²) in [6, 6.07) is 5.81. The number of aryl methyl sites for hydroxylation is 1. The van der Waals surface area contributed by atoms with Crippen molar-refractivity contribution in [2.45, 2.75) is 29.8 Å². The van der Waals surface area contributed by atoms with Crippen LogP contribution in [0, 0.1) is 0 Å². The number of pyridine rings is 1. The molecule has 19 heavy (non-hydrogen) atoms. The lowest BCUT2D eigenvalue weighted by Crippen LogP contribution is -2.01. The van der Waals surface area contributed by atoms with Gasteiger partial charge in [0.25, 0.3) is 0 Å². The molecule has 0 spiro atoms. The third-order valence-corrected chi connectivity index (χ3v) is 4.24. The quantitative estimate of drug-likeness (QED) is 0.840. The molecule has 2 aromatic heterocycles. The minimum atomic E-state index is 0.841. The number of halogens is 1. The van der Waals surface area contributed by atoms with Crippen molar-refractivity contribution >= 4 is 33.5 Å². The van der Waals surface area contributed by atoms with Crippen LogP contribution in [0.1, 0.15) is 19.2 Å². The van der Waals surface area contributed by atoms with Gasteiger partial charge in [-0.15, -0.1) is 0 Å². The zero-order valence-corrected chi connectivity index (χ0v) is 13.3. The number of hydrogen-bond acceptors (Lipinski definition) is 5. The van der Waals surface area contributed by atoms with Crippen LogP contribution < -0.4 is 5.32 Å². The smallest absolute Gasteiger partial charge is 0.132 e. The zero-order valence-electron chi connectivity index (χ0n) is 10.9. The minimum absolute atomic E-state index is 0.841. The molecule has 2 heterocycles. The first kappa shape index (κ1) is 14.3. The fourth-order valence-electron chi connectivity index (χ4n) is 1.53. The van der Waals surface area contributed by atoms with Crippen LogP contribution in [-0.4, -0.2) is 22.0 Å². The molecule has 2 rings (SSSR count). The molecule has 0 atom stereocenters. The SMILES string of the molecule is CCCc1nc(NC)cc(Sc2ncccc2Br)n1. The summed E-state index contributed by atoms with van der Waals surface area (Å²) < 4.78 is 0.974. The van der Waals surface area contributed by atoms with Crippen molar-refractivity contribution < 1.29 is 0 Å². The second kappa shape index (κ2) is 6.86. The highest BCUT2D eigenvalue weighted by Gasteiger charge is 2.08. The van der Waals surface area contributed by atoms with Gasteiger partial charge in [0.15, 0.2) is 0 Å². The van der Waals surface area contributed by atoms with Crippen LogP contribution in [0.4, 0.5) is 5.82 Å². The summed E-state index contributed by atoms with van der Waals surface area (Å²) in [6.45, 7) is 2.12. The predicted molar refractivity (Wildman–Crippen MR) is 81.6 cm³/mol. The third-order valence-electron chi connectivity index (χ3n) is 2.40. The van der Waals surface area contributed by atoms with E-state index in [-0.39, 0.29) is 0 Å². The highest BCUT2D eigenvalue weighted by molar-refractivity contribution is 9.10. The lowest BCUT2D eigenvalue weighted by Gasteiger charge is -2.07. The van der Waals surface area contributed by atoms with Gasteiger partial charge in [0, 0.05) is 25.7 Å². The summed E-state index contributed by atoms with van der Waals surface area (Å²) in [4.78, 5) is 13.3. The first-order valence-corrected chi connectivity index (χ1v) is 7.68. The van der Waals surface area contributed by atoms with Crippen LogP contribution in [0.2, 0.25) is 0 Å². The summed E-state index contributed by atoms with van der Waals surface area (Å²) >= 11 is 5.03. The first-order chi connectivity index (χ1) is 9.22. The molecule has 0 aromatic carbocycles.